The first-order valence-electron chi connectivity index (χ1n) is 7.98. The number of fused-ring (bicyclic) bond motifs is 1. The molecule has 0 bridgehead atoms. The highest BCUT2D eigenvalue weighted by molar-refractivity contribution is 6.33. The van der Waals surface area contributed by atoms with Crippen LogP contribution >= 0.6 is 11.6 Å². The van der Waals surface area contributed by atoms with Crippen molar-refractivity contribution in [2.45, 2.75) is 19.2 Å². The summed E-state index contributed by atoms with van der Waals surface area (Å²) in [5.41, 5.74) is -0.607. The number of aromatic amines is 1. The number of benzene rings is 2. The van der Waals surface area contributed by atoms with Crippen LogP contribution < -0.4 is 5.32 Å². The van der Waals surface area contributed by atoms with Crippen LogP contribution in [-0.2, 0) is 15.7 Å². The number of hydrogen-bond acceptors (Lipinski definition) is 4. The predicted molar refractivity (Wildman–Crippen MR) is 96.1 cm³/mol. The Kier molecular flexibility index (Phi) is 5.28. The largest absolute Gasteiger partial charge is 0.448 e. The molecule has 0 spiro atoms. The van der Waals surface area contributed by atoms with Crippen LogP contribution in [0.5, 0.6) is 0 Å². The first kappa shape index (κ1) is 19.7. The standard InChI is InChI=1S/C18H13ClF3N3O3/c1-9(28-17(27)15-11-4-2-3-5-13(11)24-25-15)16(26)23-14-8-10(18(20,21)22)6-7-12(14)19/h2-9H,1H3,(H,23,26)(H,24,25)/t9-/m0/s1. The molecule has 1 heterocycles. The van der Waals surface area contributed by atoms with Crippen molar-refractivity contribution in [3.05, 3.63) is 58.7 Å². The van der Waals surface area contributed by atoms with E-state index in [4.69, 9.17) is 16.3 Å². The molecule has 1 aromatic heterocycles. The van der Waals surface area contributed by atoms with Crippen molar-refractivity contribution in [3.63, 3.8) is 0 Å². The lowest BCUT2D eigenvalue weighted by Gasteiger charge is -2.15. The third-order valence-electron chi connectivity index (χ3n) is 3.87. The second-order valence-electron chi connectivity index (χ2n) is 5.85. The fourth-order valence-corrected chi connectivity index (χ4v) is 2.59. The quantitative estimate of drug-likeness (QED) is 0.622. The molecule has 3 rings (SSSR count). The van der Waals surface area contributed by atoms with Crippen LogP contribution in [0.1, 0.15) is 23.0 Å². The van der Waals surface area contributed by atoms with Gasteiger partial charge >= 0.3 is 12.1 Å². The van der Waals surface area contributed by atoms with Gasteiger partial charge in [0, 0.05) is 5.39 Å². The summed E-state index contributed by atoms with van der Waals surface area (Å²) in [6, 6.07) is 9.35. The van der Waals surface area contributed by atoms with E-state index < -0.39 is 29.7 Å². The third kappa shape index (κ3) is 4.09. The number of halogens is 4. The lowest BCUT2D eigenvalue weighted by atomic mass is 10.2. The van der Waals surface area contributed by atoms with E-state index in [1.54, 1.807) is 24.3 Å². The molecular weight excluding hydrogens is 399 g/mol. The number of anilines is 1. The van der Waals surface area contributed by atoms with Gasteiger partial charge in [0.25, 0.3) is 5.91 Å². The van der Waals surface area contributed by atoms with Crippen molar-refractivity contribution in [1.82, 2.24) is 10.2 Å². The first-order valence-corrected chi connectivity index (χ1v) is 8.36. The Morgan fingerprint density at radius 3 is 2.64 bits per heavy atom. The Bertz CT molecular complexity index is 1050. The second-order valence-corrected chi connectivity index (χ2v) is 6.25. The van der Waals surface area contributed by atoms with Crippen molar-refractivity contribution in [1.29, 1.82) is 0 Å². The van der Waals surface area contributed by atoms with Gasteiger partial charge in [-0.1, -0.05) is 29.8 Å². The number of nitrogens with zero attached hydrogens (tertiary/aromatic N) is 1. The molecule has 28 heavy (non-hydrogen) atoms. The number of amides is 1. The summed E-state index contributed by atoms with van der Waals surface area (Å²) in [4.78, 5) is 24.5. The molecule has 0 aliphatic carbocycles. The Morgan fingerprint density at radius 1 is 1.21 bits per heavy atom. The smallest absolute Gasteiger partial charge is 0.416 e. The van der Waals surface area contributed by atoms with E-state index in [1.807, 2.05) is 0 Å². The van der Waals surface area contributed by atoms with E-state index in [2.05, 4.69) is 15.5 Å². The van der Waals surface area contributed by atoms with E-state index in [0.717, 1.165) is 12.1 Å². The molecule has 2 N–H and O–H groups in total. The lowest BCUT2D eigenvalue weighted by molar-refractivity contribution is -0.137. The van der Waals surface area contributed by atoms with Crippen LogP contribution in [0, 0.1) is 0 Å². The molecule has 0 saturated carbocycles. The van der Waals surface area contributed by atoms with Gasteiger partial charge in [-0.25, -0.2) is 4.79 Å². The zero-order valence-corrected chi connectivity index (χ0v) is 15.1. The van der Waals surface area contributed by atoms with E-state index >= 15 is 0 Å². The molecule has 0 radical (unpaired) electrons. The maximum atomic E-state index is 12.8. The van der Waals surface area contributed by atoms with Gasteiger partial charge in [-0.2, -0.15) is 18.3 Å². The van der Waals surface area contributed by atoms with E-state index in [0.29, 0.717) is 17.0 Å². The van der Waals surface area contributed by atoms with Gasteiger partial charge in [-0.15, -0.1) is 0 Å². The monoisotopic (exact) mass is 411 g/mol. The van der Waals surface area contributed by atoms with Gasteiger partial charge in [-0.05, 0) is 31.2 Å². The lowest BCUT2D eigenvalue weighted by Crippen LogP contribution is -2.30. The minimum absolute atomic E-state index is 0.00708. The normalized spacial score (nSPS) is 12.6. The van der Waals surface area contributed by atoms with Crippen molar-refractivity contribution < 1.29 is 27.5 Å². The molecule has 0 unspecified atom stereocenters. The first-order chi connectivity index (χ1) is 13.2. The van der Waals surface area contributed by atoms with E-state index in [1.165, 1.54) is 6.92 Å². The number of carbonyl (C=O) groups excluding carboxylic acids is 2. The van der Waals surface area contributed by atoms with Crippen molar-refractivity contribution in [2.75, 3.05) is 5.32 Å². The fraction of sp³-hybridized carbons (Fsp3) is 0.167. The van der Waals surface area contributed by atoms with Crippen molar-refractivity contribution in [3.8, 4) is 0 Å². The number of aromatic nitrogens is 2. The zero-order valence-electron chi connectivity index (χ0n) is 14.3. The van der Waals surface area contributed by atoms with Crippen LogP contribution in [-0.4, -0.2) is 28.2 Å². The van der Waals surface area contributed by atoms with Gasteiger partial charge in [0.2, 0.25) is 0 Å². The highest BCUT2D eigenvalue weighted by atomic mass is 35.5. The number of H-pyrrole nitrogens is 1. The molecular formula is C18H13ClF3N3O3. The molecule has 10 heteroatoms. The number of hydrogen-bond donors (Lipinski definition) is 2. The highest BCUT2D eigenvalue weighted by Gasteiger charge is 2.31. The number of alkyl halides is 3. The molecule has 1 amide bonds. The summed E-state index contributed by atoms with van der Waals surface area (Å²) in [5, 5.41) is 9.19. The number of rotatable bonds is 4. The average molecular weight is 412 g/mol. The summed E-state index contributed by atoms with van der Waals surface area (Å²) in [7, 11) is 0. The van der Waals surface area contributed by atoms with Gasteiger partial charge in [0.15, 0.2) is 11.8 Å². The zero-order chi connectivity index (χ0) is 20.5. The molecule has 0 fully saturated rings. The molecule has 0 aliphatic rings. The van der Waals surface area contributed by atoms with Crippen LogP contribution in [0.2, 0.25) is 5.02 Å². The van der Waals surface area contributed by atoms with Gasteiger partial charge in [0.1, 0.15) is 0 Å². The van der Waals surface area contributed by atoms with Crippen LogP contribution in [0.3, 0.4) is 0 Å². The minimum Gasteiger partial charge on any atom is -0.448 e. The number of ether oxygens (including phenoxy) is 1. The summed E-state index contributed by atoms with van der Waals surface area (Å²) in [5.74, 6) is -1.69. The Balaban J connectivity index is 1.72. The van der Waals surface area contributed by atoms with Crippen molar-refractivity contribution >= 4 is 40.1 Å². The molecule has 1 atom stereocenters. The van der Waals surface area contributed by atoms with Crippen LogP contribution in [0.4, 0.5) is 18.9 Å². The Hall–Kier alpha value is -3.07. The fourth-order valence-electron chi connectivity index (χ4n) is 2.42. The maximum absolute atomic E-state index is 12.8. The molecule has 6 nitrogen and oxygen atoms in total. The Morgan fingerprint density at radius 2 is 1.93 bits per heavy atom. The van der Waals surface area contributed by atoms with E-state index in [9.17, 15) is 22.8 Å². The molecule has 2 aromatic carbocycles. The molecule has 3 aromatic rings. The summed E-state index contributed by atoms with van der Waals surface area (Å²) >= 11 is 5.84. The van der Waals surface area contributed by atoms with Gasteiger partial charge in [-0.3, -0.25) is 9.89 Å². The van der Waals surface area contributed by atoms with E-state index in [-0.39, 0.29) is 16.4 Å². The predicted octanol–water partition coefficient (Wildman–Crippen LogP) is 4.42. The van der Waals surface area contributed by atoms with Crippen LogP contribution in [0.25, 0.3) is 10.9 Å². The Labute approximate surface area is 161 Å². The second kappa shape index (κ2) is 7.51. The summed E-state index contributed by atoms with van der Waals surface area (Å²) < 4.78 is 43.5. The highest BCUT2D eigenvalue weighted by Crippen LogP contribution is 2.33. The van der Waals surface area contributed by atoms with Gasteiger partial charge < -0.3 is 10.1 Å². The topological polar surface area (TPSA) is 84.1 Å². The molecule has 146 valence electrons. The molecule has 0 aliphatic heterocycles. The number of nitrogens with one attached hydrogen (secondary N) is 2. The number of carbonyl (C=O) groups is 2. The minimum atomic E-state index is -4.59. The third-order valence-corrected chi connectivity index (χ3v) is 4.20. The number of esters is 1. The summed E-state index contributed by atoms with van der Waals surface area (Å²) in [6.45, 7) is 1.28. The SMILES string of the molecule is C[C@H](OC(=O)c1n[nH]c2ccccc12)C(=O)Nc1cc(C(F)(F)F)ccc1Cl. The number of para-hydroxylation sites is 1. The van der Waals surface area contributed by atoms with Crippen LogP contribution in [0.15, 0.2) is 42.5 Å². The van der Waals surface area contributed by atoms with Crippen molar-refractivity contribution in [2.24, 2.45) is 0 Å². The maximum Gasteiger partial charge on any atom is 0.416 e. The molecule has 0 saturated heterocycles. The summed E-state index contributed by atoms with van der Waals surface area (Å²) in [6.07, 6.45) is -5.89. The average Bonchev–Trinajstić information content (AvgIpc) is 3.06. The van der Waals surface area contributed by atoms with Gasteiger partial charge in [0.05, 0.1) is 21.8 Å².